The first-order valence-corrected chi connectivity index (χ1v) is 18.2. The number of amides is 1. The number of piperazine rings is 1. The van der Waals surface area contributed by atoms with E-state index in [0.29, 0.717) is 46.5 Å². The van der Waals surface area contributed by atoms with Crippen molar-refractivity contribution in [2.75, 3.05) is 44.8 Å². The molecule has 1 aliphatic carbocycles. The summed E-state index contributed by atoms with van der Waals surface area (Å²) in [7, 11) is 1.70. The summed E-state index contributed by atoms with van der Waals surface area (Å²) in [5.41, 5.74) is 7.25. The first-order chi connectivity index (χ1) is 23.7. The molecule has 3 fully saturated rings. The van der Waals surface area contributed by atoms with Gasteiger partial charge in [0.15, 0.2) is 5.75 Å². The van der Waals surface area contributed by atoms with Crippen molar-refractivity contribution >= 4 is 40.4 Å². The highest BCUT2D eigenvalue weighted by molar-refractivity contribution is 6.37. The largest absolute Gasteiger partial charge is 0.496 e. The number of aliphatic hydroxyl groups excluding tert-OH is 1. The molecule has 3 aromatic carbocycles. The fraction of sp³-hybridized carbons (Fsp3) is 0.462. The first kappa shape index (κ1) is 34.2. The number of ether oxygens (including phenoxy) is 2. The lowest BCUT2D eigenvalue weighted by Crippen LogP contribution is -2.60. The van der Waals surface area contributed by atoms with Gasteiger partial charge in [0.1, 0.15) is 5.75 Å². The van der Waals surface area contributed by atoms with Crippen molar-refractivity contribution in [3.05, 3.63) is 92.5 Å². The number of carbonyl (C=O) groups excluding carboxylic acids is 1. The van der Waals surface area contributed by atoms with Gasteiger partial charge in [0.05, 0.1) is 35.9 Å². The maximum atomic E-state index is 14.6. The third-order valence-electron chi connectivity index (χ3n) is 10.6. The van der Waals surface area contributed by atoms with Crippen molar-refractivity contribution in [3.63, 3.8) is 0 Å². The van der Waals surface area contributed by atoms with E-state index in [2.05, 4.69) is 57.7 Å². The average Bonchev–Trinajstić information content (AvgIpc) is 3.83. The van der Waals surface area contributed by atoms with Gasteiger partial charge in [0.2, 0.25) is 0 Å². The van der Waals surface area contributed by atoms with E-state index in [1.165, 1.54) is 11.3 Å². The average molecular weight is 706 g/mol. The molecular weight excluding hydrogens is 659 g/mol. The summed E-state index contributed by atoms with van der Waals surface area (Å²) in [5.74, 6) is 1.79. The number of carbonyl (C=O) groups is 1. The number of fused-ring (bicyclic) bond motifs is 2. The summed E-state index contributed by atoms with van der Waals surface area (Å²) in [5, 5.41) is 18.0. The zero-order valence-electron chi connectivity index (χ0n) is 28.5. The minimum atomic E-state index is -0.653. The third-order valence-corrected chi connectivity index (χ3v) is 11.1. The zero-order chi connectivity index (χ0) is 34.2. The van der Waals surface area contributed by atoms with E-state index in [9.17, 15) is 9.90 Å². The summed E-state index contributed by atoms with van der Waals surface area (Å²) in [6.07, 6.45) is 3.25. The fourth-order valence-corrected chi connectivity index (χ4v) is 8.23. The van der Waals surface area contributed by atoms with Gasteiger partial charge < -0.3 is 35.0 Å². The highest BCUT2D eigenvalue weighted by atomic mass is 35.5. The quantitative estimate of drug-likeness (QED) is 0.209. The molecular formula is C39H46Cl2N4O4. The van der Waals surface area contributed by atoms with Crippen molar-refractivity contribution in [3.8, 4) is 11.5 Å². The molecule has 1 saturated carbocycles. The molecule has 49 heavy (non-hydrogen) atoms. The SMILES string of the molecule is COc1cccc(CN(C(=O)C2=C(c3ccc(N4CC[C@@H](COc5c(Cl)cc([C@H](C)O)cc5Cl)C4)cc3)C[C@H]3CNC[C@@H]2N3)C2CC2)c1C. The molecule has 2 saturated heterocycles. The normalized spacial score (nSPS) is 22.7. The van der Waals surface area contributed by atoms with E-state index in [0.717, 1.165) is 79.9 Å². The second-order valence-corrected chi connectivity index (χ2v) is 14.8. The Labute approximate surface area is 299 Å². The van der Waals surface area contributed by atoms with E-state index in [1.54, 1.807) is 26.2 Å². The molecule has 0 radical (unpaired) electrons. The maximum absolute atomic E-state index is 14.6. The van der Waals surface area contributed by atoms with Gasteiger partial charge in [0, 0.05) is 62.0 Å². The summed E-state index contributed by atoms with van der Waals surface area (Å²) in [6, 6.07) is 18.9. The number of methoxy groups -OCH3 is 1. The number of rotatable bonds is 11. The summed E-state index contributed by atoms with van der Waals surface area (Å²) >= 11 is 12.9. The van der Waals surface area contributed by atoms with Crippen LogP contribution in [0.4, 0.5) is 5.69 Å². The van der Waals surface area contributed by atoms with E-state index in [1.807, 2.05) is 12.1 Å². The summed E-state index contributed by atoms with van der Waals surface area (Å²) < 4.78 is 11.7. The van der Waals surface area contributed by atoms with Crippen LogP contribution in [0.5, 0.6) is 11.5 Å². The molecule has 0 unspecified atom stereocenters. The molecule has 4 aliphatic rings. The van der Waals surface area contributed by atoms with Gasteiger partial charge in [-0.1, -0.05) is 47.5 Å². The topological polar surface area (TPSA) is 86.3 Å². The van der Waals surface area contributed by atoms with E-state index in [4.69, 9.17) is 32.7 Å². The van der Waals surface area contributed by atoms with Crippen LogP contribution in [0.15, 0.2) is 60.2 Å². The van der Waals surface area contributed by atoms with Crippen LogP contribution < -0.4 is 25.0 Å². The predicted molar refractivity (Wildman–Crippen MR) is 196 cm³/mol. The zero-order valence-corrected chi connectivity index (χ0v) is 30.0. The second kappa shape index (κ2) is 14.5. The Morgan fingerprint density at radius 1 is 1.08 bits per heavy atom. The van der Waals surface area contributed by atoms with Gasteiger partial charge in [-0.25, -0.2) is 0 Å². The highest BCUT2D eigenvalue weighted by Crippen LogP contribution is 2.39. The van der Waals surface area contributed by atoms with Crippen molar-refractivity contribution in [1.29, 1.82) is 0 Å². The minimum absolute atomic E-state index is 0.0214. The second-order valence-electron chi connectivity index (χ2n) is 14.0. The third kappa shape index (κ3) is 7.31. The number of hydrogen-bond acceptors (Lipinski definition) is 7. The molecule has 3 heterocycles. The Kier molecular flexibility index (Phi) is 10.1. The van der Waals surface area contributed by atoms with E-state index in [-0.39, 0.29) is 18.0 Å². The lowest BCUT2D eigenvalue weighted by Gasteiger charge is -2.41. The molecule has 260 valence electrons. The fourth-order valence-electron chi connectivity index (χ4n) is 7.62. The van der Waals surface area contributed by atoms with Crippen molar-refractivity contribution < 1.29 is 19.4 Å². The first-order valence-electron chi connectivity index (χ1n) is 17.5. The number of benzene rings is 3. The molecule has 3 aromatic rings. The lowest BCUT2D eigenvalue weighted by molar-refractivity contribution is -0.128. The number of nitrogens with zero attached hydrogens (tertiary/aromatic N) is 2. The van der Waals surface area contributed by atoms with Gasteiger partial charge >= 0.3 is 0 Å². The Morgan fingerprint density at radius 2 is 1.84 bits per heavy atom. The minimum Gasteiger partial charge on any atom is -0.496 e. The van der Waals surface area contributed by atoms with Crippen molar-refractivity contribution in [2.24, 2.45) is 5.92 Å². The van der Waals surface area contributed by atoms with Gasteiger partial charge in [0.25, 0.3) is 5.91 Å². The Bertz CT molecular complexity index is 1700. The lowest BCUT2D eigenvalue weighted by atomic mass is 9.83. The van der Waals surface area contributed by atoms with Crippen LogP contribution in [0.1, 0.15) is 61.0 Å². The van der Waals surface area contributed by atoms with Crippen LogP contribution in [-0.2, 0) is 11.3 Å². The van der Waals surface area contributed by atoms with Gasteiger partial charge in [-0.2, -0.15) is 0 Å². The molecule has 10 heteroatoms. The number of hydrogen-bond donors (Lipinski definition) is 3. The molecule has 4 atom stereocenters. The standard InChI is InChI=1S/C39H46Cl2N4O4/c1-23-27(5-4-6-36(23)48-3)21-45(31-11-12-31)39(47)37-32(17-29-18-42-19-35(37)43-29)26-7-9-30(10-8-26)44-14-13-25(20-44)22-49-38-33(40)15-28(24(2)46)16-34(38)41/h4-10,15-16,24-25,29,31,35,42-43,46H,11-14,17-22H2,1-3H3/t24-,25+,29-,35-/m0/s1. The highest BCUT2D eigenvalue weighted by Gasteiger charge is 2.41. The molecule has 1 amide bonds. The summed E-state index contributed by atoms with van der Waals surface area (Å²) in [6.45, 7) is 8.29. The van der Waals surface area contributed by atoms with Crippen LogP contribution >= 0.6 is 23.2 Å². The van der Waals surface area contributed by atoms with Crippen LogP contribution in [0.3, 0.4) is 0 Å². The van der Waals surface area contributed by atoms with Gasteiger partial charge in [-0.3, -0.25) is 4.79 Å². The number of nitrogens with one attached hydrogen (secondary N) is 2. The Morgan fingerprint density at radius 3 is 2.53 bits per heavy atom. The van der Waals surface area contributed by atoms with E-state index >= 15 is 0 Å². The van der Waals surface area contributed by atoms with E-state index < -0.39 is 6.10 Å². The smallest absolute Gasteiger partial charge is 0.252 e. The van der Waals surface area contributed by atoms with Crippen molar-refractivity contribution in [1.82, 2.24) is 15.5 Å². The summed E-state index contributed by atoms with van der Waals surface area (Å²) in [4.78, 5) is 19.1. The monoisotopic (exact) mass is 704 g/mol. The number of anilines is 1. The van der Waals surface area contributed by atoms with Crippen LogP contribution in [-0.4, -0.2) is 73.9 Å². The number of aliphatic hydroxyl groups is 1. The van der Waals surface area contributed by atoms with Gasteiger partial charge in [-0.05, 0) is 97.7 Å². The number of halogens is 2. The van der Waals surface area contributed by atoms with Crippen LogP contribution in [0.2, 0.25) is 10.0 Å². The van der Waals surface area contributed by atoms with Crippen molar-refractivity contribution in [2.45, 2.75) is 70.3 Å². The van der Waals surface area contributed by atoms with Crippen LogP contribution in [0.25, 0.3) is 5.57 Å². The van der Waals surface area contributed by atoms with Gasteiger partial charge in [-0.15, -0.1) is 0 Å². The molecule has 0 aromatic heterocycles. The Hall–Kier alpha value is -3.27. The molecule has 2 bridgehead atoms. The molecule has 0 spiro atoms. The molecule has 3 aliphatic heterocycles. The molecule has 8 nitrogen and oxygen atoms in total. The molecule has 3 N–H and O–H groups in total. The maximum Gasteiger partial charge on any atom is 0.252 e. The molecule has 7 rings (SSSR count). The predicted octanol–water partition coefficient (Wildman–Crippen LogP) is 6.55. The van der Waals surface area contributed by atoms with Crippen LogP contribution in [0, 0.1) is 12.8 Å². The Balaban J connectivity index is 1.08.